The smallest absolute Gasteiger partial charge is 0.405 e. The molecule has 234 valence electrons. The number of anilines is 1. The van der Waals surface area contributed by atoms with Crippen LogP contribution >= 0.6 is 0 Å². The third kappa shape index (κ3) is 8.50. The van der Waals surface area contributed by atoms with Gasteiger partial charge in [-0.3, -0.25) is 9.69 Å². The first-order valence-electron chi connectivity index (χ1n) is 16.9. The van der Waals surface area contributed by atoms with E-state index >= 15 is 0 Å². The molecule has 4 aromatic rings. The summed E-state index contributed by atoms with van der Waals surface area (Å²) in [5.74, 6) is -0.734. The number of oxazole rings is 1. The van der Waals surface area contributed by atoms with Gasteiger partial charge in [0.25, 0.3) is 0 Å². The Bertz CT molecular complexity index is 1520. The van der Waals surface area contributed by atoms with E-state index < -0.39 is 5.76 Å². The van der Waals surface area contributed by atoms with Gasteiger partial charge < -0.3 is 9.32 Å². The number of carbonyl (C=O) groups is 1. The Morgan fingerprint density at radius 1 is 0.705 bits per heavy atom. The van der Waals surface area contributed by atoms with Gasteiger partial charge in [-0.25, -0.2) is 9.36 Å². The van der Waals surface area contributed by atoms with Gasteiger partial charge in [0, 0.05) is 39.1 Å². The minimum absolute atomic E-state index is 0.163. The van der Waals surface area contributed by atoms with Crippen molar-refractivity contribution in [3.63, 3.8) is 0 Å². The highest BCUT2D eigenvalue weighted by molar-refractivity contribution is 5.94. The molecule has 0 unspecified atom stereocenters. The van der Waals surface area contributed by atoms with E-state index in [-0.39, 0.29) is 5.91 Å². The van der Waals surface area contributed by atoms with Gasteiger partial charge in [-0.2, -0.15) is 0 Å². The molecule has 0 N–H and O–H groups in total. The van der Waals surface area contributed by atoms with Crippen molar-refractivity contribution in [2.24, 2.45) is 0 Å². The van der Waals surface area contributed by atoms with Crippen molar-refractivity contribution >= 4 is 22.7 Å². The fraction of sp³-hybridized carbons (Fsp3) is 0.474. The summed E-state index contributed by atoms with van der Waals surface area (Å²) in [4.78, 5) is 30.7. The summed E-state index contributed by atoms with van der Waals surface area (Å²) in [6, 6.07) is 25.1. The Balaban J connectivity index is 1.11. The predicted molar refractivity (Wildman–Crippen MR) is 182 cm³/mol. The van der Waals surface area contributed by atoms with Crippen LogP contribution in [0.1, 0.15) is 94.3 Å². The van der Waals surface area contributed by atoms with Crippen LogP contribution in [0.25, 0.3) is 22.2 Å². The van der Waals surface area contributed by atoms with Crippen molar-refractivity contribution < 1.29 is 9.21 Å². The summed E-state index contributed by atoms with van der Waals surface area (Å²) in [5.41, 5.74) is 5.78. The molecule has 0 saturated carbocycles. The molecule has 1 aliphatic rings. The maximum absolute atomic E-state index is 13.1. The number of carbonyl (C=O) groups excluding carboxylic acids is 1. The fourth-order valence-corrected chi connectivity index (χ4v) is 6.45. The van der Waals surface area contributed by atoms with Crippen LogP contribution < -0.4 is 10.7 Å². The average Bonchev–Trinajstić information content (AvgIpc) is 3.40. The van der Waals surface area contributed by atoms with Gasteiger partial charge in [0.1, 0.15) is 5.52 Å². The lowest BCUT2D eigenvalue weighted by Crippen LogP contribution is -2.46. The number of aromatic nitrogens is 1. The topological polar surface area (TPSA) is 58.7 Å². The van der Waals surface area contributed by atoms with Crippen LogP contribution in [0.3, 0.4) is 0 Å². The highest BCUT2D eigenvalue weighted by Gasteiger charge is 2.23. The first-order chi connectivity index (χ1) is 21.6. The van der Waals surface area contributed by atoms with E-state index in [0.717, 1.165) is 57.7 Å². The van der Waals surface area contributed by atoms with E-state index in [1.54, 1.807) is 0 Å². The molecular formula is C38H49N3O3. The van der Waals surface area contributed by atoms with Gasteiger partial charge >= 0.3 is 5.76 Å². The molecule has 6 heteroatoms. The normalized spacial score (nSPS) is 14.0. The van der Waals surface area contributed by atoms with E-state index in [4.69, 9.17) is 4.42 Å². The summed E-state index contributed by atoms with van der Waals surface area (Å²) in [7, 11) is 0. The van der Waals surface area contributed by atoms with Crippen LogP contribution in [0.4, 0.5) is 5.69 Å². The van der Waals surface area contributed by atoms with Gasteiger partial charge in [-0.15, -0.1) is 0 Å². The molecule has 1 aromatic heterocycles. The van der Waals surface area contributed by atoms with Crippen LogP contribution in [-0.2, 0) is 6.54 Å². The van der Waals surface area contributed by atoms with Crippen molar-refractivity contribution in [3.05, 3.63) is 88.9 Å². The zero-order valence-corrected chi connectivity index (χ0v) is 26.5. The van der Waals surface area contributed by atoms with Crippen LogP contribution in [0.5, 0.6) is 0 Å². The Morgan fingerprint density at radius 2 is 1.34 bits per heavy atom. The molecule has 1 fully saturated rings. The van der Waals surface area contributed by atoms with Gasteiger partial charge in [0.15, 0.2) is 5.58 Å². The Labute approximate surface area is 262 Å². The van der Waals surface area contributed by atoms with Crippen molar-refractivity contribution in [2.75, 3.05) is 31.1 Å². The molecule has 3 aromatic carbocycles. The molecule has 44 heavy (non-hydrogen) atoms. The summed E-state index contributed by atoms with van der Waals surface area (Å²) in [6.45, 7) is 6.64. The minimum Gasteiger partial charge on any atom is -0.405 e. The second kappa shape index (κ2) is 16.4. The number of unbranched alkanes of at least 4 members (excludes halogenated alkanes) is 10. The lowest BCUT2D eigenvalue weighted by Gasteiger charge is -2.36. The van der Waals surface area contributed by atoms with Crippen molar-refractivity contribution in [3.8, 4) is 11.1 Å². The number of rotatable bonds is 16. The summed E-state index contributed by atoms with van der Waals surface area (Å²) < 4.78 is 6.98. The first kappa shape index (κ1) is 31.8. The van der Waals surface area contributed by atoms with E-state index in [2.05, 4.69) is 65.3 Å². The molecule has 6 nitrogen and oxygen atoms in total. The zero-order valence-electron chi connectivity index (χ0n) is 26.5. The molecular weight excluding hydrogens is 546 g/mol. The van der Waals surface area contributed by atoms with Crippen molar-refractivity contribution in [2.45, 2.75) is 90.5 Å². The van der Waals surface area contributed by atoms with E-state index in [1.165, 1.54) is 72.6 Å². The Hall–Kier alpha value is -3.64. The molecule has 0 bridgehead atoms. The van der Waals surface area contributed by atoms with Crippen molar-refractivity contribution in [1.29, 1.82) is 0 Å². The average molecular weight is 596 g/mol. The molecule has 5 rings (SSSR count). The molecule has 0 radical (unpaired) electrons. The molecule has 0 spiro atoms. The number of benzene rings is 3. The third-order valence-electron chi connectivity index (χ3n) is 8.98. The number of fused-ring (bicyclic) bond motifs is 1. The molecule has 0 atom stereocenters. The van der Waals surface area contributed by atoms with E-state index in [1.807, 2.05) is 24.3 Å². The molecule has 0 aliphatic carbocycles. The zero-order chi connectivity index (χ0) is 30.6. The SMILES string of the molecule is CCCCCCCCCCCCCC(=O)n1c(=O)oc2c(N3CCN(Cc4cccc(-c5ccccc5)c4)CC3)cccc21. The Kier molecular flexibility index (Phi) is 11.9. The third-order valence-corrected chi connectivity index (χ3v) is 8.98. The van der Waals surface area contributed by atoms with Gasteiger partial charge in [-0.1, -0.05) is 126 Å². The monoisotopic (exact) mass is 595 g/mol. The Morgan fingerprint density at radius 3 is 2.05 bits per heavy atom. The highest BCUT2D eigenvalue weighted by atomic mass is 16.4. The lowest BCUT2D eigenvalue weighted by molar-refractivity contribution is 0.0895. The number of nitrogens with zero attached hydrogens (tertiary/aromatic N) is 3. The van der Waals surface area contributed by atoms with Crippen LogP contribution in [0.2, 0.25) is 0 Å². The molecule has 1 saturated heterocycles. The number of hydrogen-bond acceptors (Lipinski definition) is 5. The maximum atomic E-state index is 13.1. The van der Waals surface area contributed by atoms with Gasteiger partial charge in [0.2, 0.25) is 5.91 Å². The highest BCUT2D eigenvalue weighted by Crippen LogP contribution is 2.28. The lowest BCUT2D eigenvalue weighted by atomic mass is 10.0. The van der Waals surface area contributed by atoms with Gasteiger partial charge in [-0.05, 0) is 41.3 Å². The van der Waals surface area contributed by atoms with E-state index in [9.17, 15) is 9.59 Å². The first-order valence-corrected chi connectivity index (χ1v) is 16.9. The summed E-state index contributed by atoms with van der Waals surface area (Å²) in [6.07, 6.45) is 13.9. The second-order valence-corrected chi connectivity index (χ2v) is 12.3. The second-order valence-electron chi connectivity index (χ2n) is 12.3. The minimum atomic E-state index is -0.572. The standard InChI is InChI=1S/C38H49N3O3/c1-2-3-4-5-6-7-8-9-10-11-15-24-36(42)41-35-23-17-22-34(37(35)44-38(41)43)40-27-25-39(26-28-40)30-31-18-16-21-33(29-31)32-19-13-12-14-20-32/h12-14,16-23,29H,2-11,15,24-28,30H2,1H3. The van der Waals surface area contributed by atoms with Crippen LogP contribution in [0, 0.1) is 0 Å². The molecule has 0 amide bonds. The molecule has 1 aliphatic heterocycles. The van der Waals surface area contributed by atoms with Crippen LogP contribution in [-0.4, -0.2) is 41.6 Å². The largest absolute Gasteiger partial charge is 0.426 e. The van der Waals surface area contributed by atoms with Gasteiger partial charge in [0.05, 0.1) is 5.69 Å². The number of para-hydroxylation sites is 1. The maximum Gasteiger partial charge on any atom is 0.426 e. The number of piperazine rings is 1. The van der Waals surface area contributed by atoms with E-state index in [0.29, 0.717) is 17.5 Å². The fourth-order valence-electron chi connectivity index (χ4n) is 6.45. The quantitative estimate of drug-likeness (QED) is 0.121. The predicted octanol–water partition coefficient (Wildman–Crippen LogP) is 8.93. The summed E-state index contributed by atoms with van der Waals surface area (Å²) >= 11 is 0. The summed E-state index contributed by atoms with van der Waals surface area (Å²) in [5, 5.41) is 0. The molecule has 2 heterocycles. The van der Waals surface area contributed by atoms with Crippen LogP contribution in [0.15, 0.2) is 82.0 Å². The number of hydrogen-bond donors (Lipinski definition) is 0. The van der Waals surface area contributed by atoms with Crippen molar-refractivity contribution in [1.82, 2.24) is 9.47 Å².